The number of nitrogen functional groups attached to an aromatic ring is 1. The summed E-state index contributed by atoms with van der Waals surface area (Å²) in [5.74, 6) is -1.07. The first-order valence-corrected chi connectivity index (χ1v) is 6.87. The van der Waals surface area contributed by atoms with Crippen molar-refractivity contribution in [3.8, 4) is 11.9 Å². The maximum absolute atomic E-state index is 12.4. The van der Waals surface area contributed by atoms with E-state index in [2.05, 4.69) is 24.2 Å². The number of nitrogens with one attached hydrogen (secondary N) is 1. The van der Waals surface area contributed by atoms with Gasteiger partial charge in [-0.15, -0.1) is 0 Å². The second-order valence-corrected chi connectivity index (χ2v) is 5.44. The van der Waals surface area contributed by atoms with E-state index < -0.39 is 41.8 Å². The molecule has 21 heavy (non-hydrogen) atoms. The van der Waals surface area contributed by atoms with Crippen LogP contribution in [-0.4, -0.2) is 32.5 Å². The summed E-state index contributed by atoms with van der Waals surface area (Å²) in [5, 5.41) is 0. The smallest absolute Gasteiger partial charge is 0.321 e. The predicted octanol–water partition coefficient (Wildman–Crippen LogP) is 0.877. The van der Waals surface area contributed by atoms with E-state index in [1.165, 1.54) is 24.3 Å². The lowest BCUT2D eigenvalue weighted by molar-refractivity contribution is 0.353. The Hall–Kier alpha value is -2.55. The van der Waals surface area contributed by atoms with Gasteiger partial charge in [-0.25, -0.2) is 8.42 Å². The lowest BCUT2D eigenvalue weighted by Crippen LogP contribution is -2.14. The molecule has 2 rings (SSSR count). The Morgan fingerprint density at radius 1 is 1.19 bits per heavy atom. The molecule has 8 nitrogen and oxygen atoms in total. The molecule has 0 saturated heterocycles. The van der Waals surface area contributed by atoms with Crippen molar-refractivity contribution < 1.29 is 26.1 Å². The van der Waals surface area contributed by atoms with Crippen LogP contribution < -0.4 is 19.9 Å². The third-order valence-corrected chi connectivity index (χ3v) is 3.68. The highest BCUT2D eigenvalue weighted by atomic mass is 32.2. The number of methoxy groups -OCH3 is 2. The lowest BCUT2D eigenvalue weighted by Gasteiger charge is -2.09. The van der Waals surface area contributed by atoms with Crippen LogP contribution in [0.25, 0.3) is 0 Å². The molecule has 1 aromatic heterocycles. The molecule has 112 valence electrons. The first kappa shape index (κ1) is 8.67. The number of benzene rings is 1. The van der Waals surface area contributed by atoms with Gasteiger partial charge >= 0.3 is 6.01 Å². The minimum atomic E-state index is -4.14. The van der Waals surface area contributed by atoms with Crippen molar-refractivity contribution in [2.75, 3.05) is 24.5 Å². The highest BCUT2D eigenvalue weighted by Crippen LogP contribution is 2.20. The van der Waals surface area contributed by atoms with Crippen molar-refractivity contribution in [3.05, 3.63) is 30.3 Å². The van der Waals surface area contributed by atoms with E-state index in [0.29, 0.717) is 5.69 Å². The van der Waals surface area contributed by atoms with Crippen LogP contribution in [0.5, 0.6) is 11.9 Å². The Morgan fingerprint density at radius 3 is 2.57 bits per heavy atom. The number of hydrogen-bond acceptors (Lipinski definition) is 7. The first-order chi connectivity index (χ1) is 12.2. The van der Waals surface area contributed by atoms with Crippen molar-refractivity contribution in [2.45, 2.75) is 4.90 Å². The summed E-state index contributed by atoms with van der Waals surface area (Å²) >= 11 is 0. The molecule has 0 fully saturated rings. The molecular weight excluding hydrogens is 296 g/mol. The third-order valence-electron chi connectivity index (χ3n) is 2.31. The zero-order chi connectivity index (χ0) is 20.5. The quantitative estimate of drug-likeness (QED) is 0.786. The molecular formula is C12H14N4O4S. The minimum absolute atomic E-state index is 0.160. The highest BCUT2D eigenvalue weighted by molar-refractivity contribution is 7.92. The van der Waals surface area contributed by atoms with E-state index in [1.807, 2.05) is 0 Å². The number of nitrogens with two attached hydrogens (primary N) is 1. The monoisotopic (exact) mass is 316 g/mol. The maximum Gasteiger partial charge on any atom is 0.321 e. The fourth-order valence-electron chi connectivity index (χ4n) is 1.40. The van der Waals surface area contributed by atoms with Crippen LogP contribution in [0.3, 0.4) is 0 Å². The number of nitrogens with zero attached hydrogens (tertiary/aromatic N) is 2. The Bertz CT molecular complexity index is 881. The standard InChI is InChI=1S/C12H14N4O4S/c1-19-11-7-10(14-12(15-11)20-2)16-21(17,18)9-5-3-8(13)4-6-9/h3-7H,13H2,1-2H3,(H,14,15,16)/i1D3,2D3. The van der Waals surface area contributed by atoms with Crippen LogP contribution in [-0.2, 0) is 10.0 Å². The average molecular weight is 316 g/mol. The molecule has 2 aromatic rings. The largest absolute Gasteiger partial charge is 0.481 e. The second-order valence-electron chi connectivity index (χ2n) is 3.75. The molecule has 3 N–H and O–H groups in total. The van der Waals surface area contributed by atoms with E-state index in [-0.39, 0.29) is 4.90 Å². The maximum atomic E-state index is 12.4. The molecule has 0 spiro atoms. The predicted molar refractivity (Wildman–Crippen MR) is 76.8 cm³/mol. The number of aromatic nitrogens is 2. The van der Waals surface area contributed by atoms with Gasteiger partial charge in [0, 0.05) is 11.8 Å². The van der Waals surface area contributed by atoms with Crippen LogP contribution in [0.15, 0.2) is 35.2 Å². The number of hydrogen-bond donors (Lipinski definition) is 2. The fourth-order valence-corrected chi connectivity index (χ4v) is 2.39. The van der Waals surface area contributed by atoms with Gasteiger partial charge in [-0.1, -0.05) is 0 Å². The van der Waals surface area contributed by atoms with E-state index in [0.717, 1.165) is 6.07 Å². The van der Waals surface area contributed by atoms with Crippen LogP contribution in [0, 0.1) is 0 Å². The summed E-state index contributed by atoms with van der Waals surface area (Å²) in [6.45, 7) is 0. The number of sulfonamides is 1. The van der Waals surface area contributed by atoms with Crippen molar-refractivity contribution in [2.24, 2.45) is 0 Å². The van der Waals surface area contributed by atoms with Gasteiger partial charge in [0.25, 0.3) is 10.0 Å². The summed E-state index contributed by atoms with van der Waals surface area (Å²) in [4.78, 5) is 6.94. The molecule has 1 aromatic carbocycles. The molecule has 0 unspecified atom stereocenters. The number of ether oxygens (including phenoxy) is 2. The van der Waals surface area contributed by atoms with Crippen LogP contribution in [0.4, 0.5) is 11.5 Å². The summed E-state index contributed by atoms with van der Waals surface area (Å²) in [5.41, 5.74) is 5.85. The molecule has 9 heteroatoms. The zero-order valence-electron chi connectivity index (χ0n) is 16.4. The summed E-state index contributed by atoms with van der Waals surface area (Å²) in [6, 6.07) is 5.26. The molecule has 1 heterocycles. The minimum Gasteiger partial charge on any atom is -0.481 e. The second kappa shape index (κ2) is 5.83. The zero-order valence-corrected chi connectivity index (χ0v) is 11.2. The lowest BCUT2D eigenvalue weighted by atomic mass is 10.3. The van der Waals surface area contributed by atoms with Gasteiger partial charge in [0.2, 0.25) is 5.88 Å². The molecule has 0 saturated carbocycles. The van der Waals surface area contributed by atoms with Crippen molar-refractivity contribution in [3.63, 3.8) is 0 Å². The van der Waals surface area contributed by atoms with Gasteiger partial charge in [-0.3, -0.25) is 4.72 Å². The Kier molecular flexibility index (Phi) is 2.41. The van der Waals surface area contributed by atoms with Gasteiger partial charge in [0.1, 0.15) is 0 Å². The molecule has 0 bridgehead atoms. The van der Waals surface area contributed by atoms with Gasteiger partial charge in [-0.2, -0.15) is 9.97 Å². The highest BCUT2D eigenvalue weighted by Gasteiger charge is 2.16. The first-order valence-electron chi connectivity index (χ1n) is 8.39. The summed E-state index contributed by atoms with van der Waals surface area (Å²) in [7, 11) is -10.0. The fraction of sp³-hybridized carbons (Fsp3) is 0.167. The average Bonchev–Trinajstić information content (AvgIpc) is 2.42. The molecule has 0 aliphatic carbocycles. The van der Waals surface area contributed by atoms with E-state index in [9.17, 15) is 8.42 Å². The van der Waals surface area contributed by atoms with Gasteiger partial charge < -0.3 is 15.2 Å². The van der Waals surface area contributed by atoms with Crippen LogP contribution in [0.1, 0.15) is 8.22 Å². The van der Waals surface area contributed by atoms with Crippen molar-refractivity contribution in [1.82, 2.24) is 9.97 Å². The molecule has 0 aliphatic rings. The van der Waals surface area contributed by atoms with Crippen molar-refractivity contribution in [1.29, 1.82) is 0 Å². The van der Waals surface area contributed by atoms with E-state index in [4.69, 9.17) is 14.0 Å². The Balaban J connectivity index is 2.40. The number of anilines is 2. The molecule has 0 amide bonds. The molecule has 0 atom stereocenters. The Labute approximate surface area is 130 Å². The van der Waals surface area contributed by atoms with Crippen LogP contribution in [0.2, 0.25) is 0 Å². The molecule has 0 aliphatic heterocycles. The van der Waals surface area contributed by atoms with Gasteiger partial charge in [-0.05, 0) is 24.3 Å². The van der Waals surface area contributed by atoms with Crippen molar-refractivity contribution >= 4 is 21.5 Å². The third kappa shape index (κ3) is 3.51. The topological polar surface area (TPSA) is 116 Å². The van der Waals surface area contributed by atoms with Crippen LogP contribution >= 0.6 is 0 Å². The van der Waals surface area contributed by atoms with E-state index >= 15 is 0 Å². The SMILES string of the molecule is [2H]C([2H])([2H])Oc1cc(NS(=O)(=O)c2ccc(N)cc2)nc(OC([2H])([2H])[2H])n1. The normalized spacial score (nSPS) is 16.4. The molecule has 0 radical (unpaired) electrons. The van der Waals surface area contributed by atoms with Gasteiger partial charge in [0.15, 0.2) is 5.82 Å². The summed E-state index contributed by atoms with van der Waals surface area (Å²) < 4.78 is 78.3. The Morgan fingerprint density at radius 2 is 1.90 bits per heavy atom. The van der Waals surface area contributed by atoms with E-state index in [1.54, 1.807) is 0 Å². The summed E-state index contributed by atoms with van der Waals surface area (Å²) in [6.07, 6.45) is 0. The van der Waals surface area contributed by atoms with Gasteiger partial charge in [0.05, 0.1) is 27.2 Å². The number of rotatable bonds is 5.